The average molecular weight is 320 g/mol. The molecule has 0 heterocycles. The highest BCUT2D eigenvalue weighted by Crippen LogP contribution is 2.41. The van der Waals surface area contributed by atoms with Crippen molar-refractivity contribution in [3.63, 3.8) is 0 Å². The predicted octanol–water partition coefficient (Wildman–Crippen LogP) is 4.48. The first-order valence-corrected chi connectivity index (χ1v) is 6.97. The fraction of sp³-hybridized carbons (Fsp3) is 0.235. The van der Waals surface area contributed by atoms with E-state index in [2.05, 4.69) is 5.32 Å². The van der Waals surface area contributed by atoms with Gasteiger partial charge in [0.15, 0.2) is 0 Å². The Hall–Kier alpha value is -2.68. The van der Waals surface area contributed by atoms with Gasteiger partial charge in [-0.15, -0.1) is 0 Å². The predicted molar refractivity (Wildman–Crippen MR) is 81.0 cm³/mol. The minimum Gasteiger partial charge on any atom is -0.494 e. The summed E-state index contributed by atoms with van der Waals surface area (Å²) in [5, 5.41) is 11.6. The Bertz CT molecular complexity index is 678. The zero-order chi connectivity index (χ0) is 16.9. The lowest BCUT2D eigenvalue weighted by Gasteiger charge is -2.31. The molecule has 2 aromatic carbocycles. The van der Waals surface area contributed by atoms with Gasteiger partial charge in [0.05, 0.1) is 6.61 Å². The smallest absolute Gasteiger partial charge is 0.429 e. The molecule has 0 fully saturated rings. The third kappa shape index (κ3) is 3.39. The molecule has 1 N–H and O–H groups in total. The number of nitrogens with one attached hydrogen (secondary N) is 1. The summed E-state index contributed by atoms with van der Waals surface area (Å²) in [6.07, 6.45) is -4.79. The van der Waals surface area contributed by atoms with Crippen LogP contribution in [0.3, 0.4) is 0 Å². The number of anilines is 1. The second-order valence-electron chi connectivity index (χ2n) is 4.81. The van der Waals surface area contributed by atoms with Crippen LogP contribution < -0.4 is 10.1 Å². The summed E-state index contributed by atoms with van der Waals surface area (Å²) < 4.78 is 46.2. The van der Waals surface area contributed by atoms with Gasteiger partial charge in [0, 0.05) is 11.3 Å². The standard InChI is InChI=1S/C17H15F3N2O/c1-2-23-15-10-8-14(9-11-15)22-16(12-21,17(18,19)20)13-6-4-3-5-7-13/h3-11,22H,2H2,1H3/t16-/m1/s1. The molecule has 0 saturated heterocycles. The van der Waals surface area contributed by atoms with Gasteiger partial charge in [-0.1, -0.05) is 30.3 Å². The number of halogens is 3. The fourth-order valence-corrected chi connectivity index (χ4v) is 2.17. The number of rotatable bonds is 5. The molecule has 0 spiro atoms. The Labute approximate surface area is 132 Å². The normalized spacial score (nSPS) is 13.7. The van der Waals surface area contributed by atoms with Gasteiger partial charge in [-0.2, -0.15) is 18.4 Å². The summed E-state index contributed by atoms with van der Waals surface area (Å²) in [7, 11) is 0. The van der Waals surface area contributed by atoms with Crippen LogP contribution in [-0.2, 0) is 5.54 Å². The van der Waals surface area contributed by atoms with E-state index >= 15 is 0 Å². The molecule has 0 saturated carbocycles. The second-order valence-corrected chi connectivity index (χ2v) is 4.81. The van der Waals surface area contributed by atoms with E-state index in [-0.39, 0.29) is 11.3 Å². The van der Waals surface area contributed by atoms with Gasteiger partial charge >= 0.3 is 6.18 Å². The number of alkyl halides is 3. The summed E-state index contributed by atoms with van der Waals surface area (Å²) in [4.78, 5) is 0. The molecule has 6 heteroatoms. The van der Waals surface area contributed by atoms with E-state index in [4.69, 9.17) is 4.74 Å². The first-order chi connectivity index (χ1) is 10.9. The molecule has 120 valence electrons. The first-order valence-electron chi connectivity index (χ1n) is 6.97. The Balaban J connectivity index is 2.42. The molecule has 0 aromatic heterocycles. The van der Waals surface area contributed by atoms with Crippen molar-refractivity contribution in [3.05, 3.63) is 60.2 Å². The van der Waals surface area contributed by atoms with Crippen LogP contribution in [0.2, 0.25) is 0 Å². The Morgan fingerprint density at radius 1 is 1.04 bits per heavy atom. The summed E-state index contributed by atoms with van der Waals surface area (Å²) in [6.45, 7) is 2.27. The van der Waals surface area contributed by atoms with E-state index in [9.17, 15) is 18.4 Å². The van der Waals surface area contributed by atoms with Crippen molar-refractivity contribution >= 4 is 5.69 Å². The Morgan fingerprint density at radius 2 is 1.65 bits per heavy atom. The van der Waals surface area contributed by atoms with Crippen molar-refractivity contribution in [2.24, 2.45) is 0 Å². The lowest BCUT2D eigenvalue weighted by atomic mass is 9.90. The molecule has 1 atom stereocenters. The molecular formula is C17H15F3N2O. The summed E-state index contributed by atoms with van der Waals surface area (Å²) in [5.41, 5.74) is -2.80. The highest BCUT2D eigenvalue weighted by atomic mass is 19.4. The first kappa shape index (κ1) is 16.7. The maximum atomic E-state index is 13.6. The Morgan fingerprint density at radius 3 is 2.13 bits per heavy atom. The Kier molecular flexibility index (Phi) is 4.80. The van der Waals surface area contributed by atoms with Gasteiger partial charge in [0.1, 0.15) is 11.8 Å². The van der Waals surface area contributed by atoms with Crippen LogP contribution in [0.4, 0.5) is 18.9 Å². The molecule has 3 nitrogen and oxygen atoms in total. The number of ether oxygens (including phenoxy) is 1. The fourth-order valence-electron chi connectivity index (χ4n) is 2.17. The van der Waals surface area contributed by atoms with Crippen LogP contribution in [-0.4, -0.2) is 12.8 Å². The zero-order valence-corrected chi connectivity index (χ0v) is 12.4. The molecule has 0 radical (unpaired) electrons. The number of hydrogen-bond donors (Lipinski definition) is 1. The van der Waals surface area contributed by atoms with Gasteiger partial charge in [-0.25, -0.2) is 0 Å². The lowest BCUT2D eigenvalue weighted by Crippen LogP contribution is -2.47. The average Bonchev–Trinajstić information content (AvgIpc) is 2.54. The molecule has 0 aliphatic rings. The molecule has 0 bridgehead atoms. The summed E-state index contributed by atoms with van der Waals surface area (Å²) >= 11 is 0. The summed E-state index contributed by atoms with van der Waals surface area (Å²) in [5.74, 6) is 0.548. The third-order valence-corrected chi connectivity index (χ3v) is 3.30. The van der Waals surface area contributed by atoms with Crippen molar-refractivity contribution in [2.45, 2.75) is 18.6 Å². The van der Waals surface area contributed by atoms with Gasteiger partial charge in [0.2, 0.25) is 5.54 Å². The molecule has 23 heavy (non-hydrogen) atoms. The van der Waals surface area contributed by atoms with Crippen LogP contribution >= 0.6 is 0 Å². The minimum absolute atomic E-state index is 0.163. The quantitative estimate of drug-likeness (QED) is 0.883. The number of benzene rings is 2. The van der Waals surface area contributed by atoms with Crippen LogP contribution in [0.25, 0.3) is 0 Å². The molecule has 2 aromatic rings. The maximum Gasteiger partial charge on any atom is 0.429 e. The van der Waals surface area contributed by atoms with E-state index in [1.807, 2.05) is 6.92 Å². The van der Waals surface area contributed by atoms with Crippen LogP contribution in [0.5, 0.6) is 5.75 Å². The molecule has 0 amide bonds. The largest absolute Gasteiger partial charge is 0.494 e. The van der Waals surface area contributed by atoms with Crippen LogP contribution in [0.1, 0.15) is 12.5 Å². The van der Waals surface area contributed by atoms with E-state index in [1.165, 1.54) is 42.5 Å². The van der Waals surface area contributed by atoms with Crippen molar-refractivity contribution in [1.82, 2.24) is 0 Å². The van der Waals surface area contributed by atoms with Crippen LogP contribution in [0.15, 0.2) is 54.6 Å². The van der Waals surface area contributed by atoms with Crippen molar-refractivity contribution in [2.75, 3.05) is 11.9 Å². The van der Waals surface area contributed by atoms with E-state index in [0.29, 0.717) is 12.4 Å². The molecule has 0 unspecified atom stereocenters. The maximum absolute atomic E-state index is 13.6. The molecule has 0 aliphatic heterocycles. The number of hydrogen-bond acceptors (Lipinski definition) is 3. The molecule has 0 aliphatic carbocycles. The topological polar surface area (TPSA) is 45.0 Å². The monoisotopic (exact) mass is 320 g/mol. The van der Waals surface area contributed by atoms with E-state index < -0.39 is 11.7 Å². The molecular weight excluding hydrogens is 305 g/mol. The second kappa shape index (κ2) is 6.61. The van der Waals surface area contributed by atoms with Crippen molar-refractivity contribution in [3.8, 4) is 11.8 Å². The number of nitrogens with zero attached hydrogens (tertiary/aromatic N) is 1. The minimum atomic E-state index is -4.79. The zero-order valence-electron chi connectivity index (χ0n) is 12.4. The van der Waals surface area contributed by atoms with Gasteiger partial charge < -0.3 is 10.1 Å². The van der Waals surface area contributed by atoms with Crippen LogP contribution in [0, 0.1) is 11.3 Å². The summed E-state index contributed by atoms with van der Waals surface area (Å²) in [6, 6.07) is 14.5. The van der Waals surface area contributed by atoms with E-state index in [0.717, 1.165) is 0 Å². The number of nitriles is 1. The highest BCUT2D eigenvalue weighted by molar-refractivity contribution is 5.54. The molecule has 2 rings (SSSR count). The van der Waals surface area contributed by atoms with Gasteiger partial charge in [-0.3, -0.25) is 0 Å². The van der Waals surface area contributed by atoms with Crippen molar-refractivity contribution in [1.29, 1.82) is 5.26 Å². The van der Waals surface area contributed by atoms with Crippen molar-refractivity contribution < 1.29 is 17.9 Å². The third-order valence-electron chi connectivity index (χ3n) is 3.30. The lowest BCUT2D eigenvalue weighted by molar-refractivity contribution is -0.165. The van der Waals surface area contributed by atoms with Gasteiger partial charge in [0.25, 0.3) is 0 Å². The van der Waals surface area contributed by atoms with Gasteiger partial charge in [-0.05, 0) is 31.2 Å². The van der Waals surface area contributed by atoms with E-state index in [1.54, 1.807) is 18.2 Å². The SMILES string of the molecule is CCOc1ccc(N[C@](C#N)(c2ccccc2)C(F)(F)F)cc1. The highest BCUT2D eigenvalue weighted by Gasteiger charge is 2.57.